The van der Waals surface area contributed by atoms with E-state index >= 15 is 0 Å². The highest BCUT2D eigenvalue weighted by molar-refractivity contribution is 9.10. The van der Waals surface area contributed by atoms with Crippen molar-refractivity contribution in [2.75, 3.05) is 5.73 Å². The van der Waals surface area contributed by atoms with Crippen LogP contribution in [0.4, 0.5) is 5.82 Å². The Labute approximate surface area is 136 Å². The highest BCUT2D eigenvalue weighted by Gasteiger charge is 2.08. The van der Waals surface area contributed by atoms with E-state index in [1.165, 1.54) is 0 Å². The van der Waals surface area contributed by atoms with Crippen LogP contribution in [0.2, 0.25) is 5.02 Å². The zero-order valence-corrected chi connectivity index (χ0v) is 13.5. The maximum Gasteiger partial charge on any atom is 0.122 e. The fourth-order valence-corrected chi connectivity index (χ4v) is 2.56. The van der Waals surface area contributed by atoms with Gasteiger partial charge in [0.2, 0.25) is 0 Å². The Morgan fingerprint density at radius 2 is 1.86 bits per heavy atom. The Balaban J connectivity index is 1.89. The molecular formula is C16H13BrClN3. The molecule has 0 aliphatic rings. The molecule has 0 bridgehead atoms. The molecule has 0 saturated heterocycles. The number of aromatic nitrogens is 2. The lowest BCUT2D eigenvalue weighted by Crippen LogP contribution is -2.05. The summed E-state index contributed by atoms with van der Waals surface area (Å²) in [5.41, 5.74) is 8.98. The van der Waals surface area contributed by atoms with Gasteiger partial charge in [0, 0.05) is 21.1 Å². The van der Waals surface area contributed by atoms with Gasteiger partial charge in [-0.05, 0) is 29.8 Å². The van der Waals surface area contributed by atoms with E-state index in [-0.39, 0.29) is 0 Å². The third kappa shape index (κ3) is 3.28. The third-order valence-electron chi connectivity index (χ3n) is 3.18. The van der Waals surface area contributed by atoms with Gasteiger partial charge in [-0.2, -0.15) is 5.10 Å². The molecule has 106 valence electrons. The standard InChI is InChI=1S/C16H13BrClN3/c17-13-6-4-11(5-7-13)10-21-16(19)9-15(20-21)12-2-1-3-14(18)8-12/h1-9H,10,19H2. The molecule has 0 aliphatic heterocycles. The van der Waals surface area contributed by atoms with Crippen LogP contribution in [0.5, 0.6) is 0 Å². The molecule has 21 heavy (non-hydrogen) atoms. The Bertz CT molecular complexity index is 765. The number of halogens is 2. The highest BCUT2D eigenvalue weighted by Crippen LogP contribution is 2.24. The van der Waals surface area contributed by atoms with Gasteiger partial charge in [-0.15, -0.1) is 0 Å². The molecule has 3 rings (SSSR count). The van der Waals surface area contributed by atoms with Gasteiger partial charge in [-0.25, -0.2) is 4.68 Å². The topological polar surface area (TPSA) is 43.8 Å². The van der Waals surface area contributed by atoms with Crippen molar-refractivity contribution < 1.29 is 0 Å². The first kappa shape index (κ1) is 14.2. The monoisotopic (exact) mass is 361 g/mol. The first-order valence-electron chi connectivity index (χ1n) is 6.45. The van der Waals surface area contributed by atoms with Gasteiger partial charge >= 0.3 is 0 Å². The lowest BCUT2D eigenvalue weighted by atomic mass is 10.1. The lowest BCUT2D eigenvalue weighted by Gasteiger charge is -2.04. The molecule has 0 saturated carbocycles. The highest BCUT2D eigenvalue weighted by atomic mass is 79.9. The van der Waals surface area contributed by atoms with Crippen LogP contribution in [-0.2, 0) is 6.54 Å². The first-order chi connectivity index (χ1) is 10.1. The van der Waals surface area contributed by atoms with Gasteiger partial charge in [0.1, 0.15) is 5.82 Å². The van der Waals surface area contributed by atoms with Crippen LogP contribution >= 0.6 is 27.5 Å². The van der Waals surface area contributed by atoms with E-state index in [0.29, 0.717) is 17.4 Å². The molecule has 2 N–H and O–H groups in total. The normalized spacial score (nSPS) is 10.8. The Kier molecular flexibility index (Phi) is 3.99. The van der Waals surface area contributed by atoms with E-state index < -0.39 is 0 Å². The van der Waals surface area contributed by atoms with Crippen LogP contribution in [0.25, 0.3) is 11.3 Å². The van der Waals surface area contributed by atoms with Crippen LogP contribution in [0, 0.1) is 0 Å². The summed E-state index contributed by atoms with van der Waals surface area (Å²) in [5.74, 6) is 0.632. The molecule has 0 fully saturated rings. The molecule has 1 aromatic heterocycles. The molecule has 0 amide bonds. The van der Waals surface area contributed by atoms with Crippen molar-refractivity contribution in [3.05, 3.63) is 69.7 Å². The maximum atomic E-state index is 6.05. The van der Waals surface area contributed by atoms with Crippen LogP contribution in [0.3, 0.4) is 0 Å². The fourth-order valence-electron chi connectivity index (χ4n) is 2.11. The van der Waals surface area contributed by atoms with Crippen LogP contribution in [0.1, 0.15) is 5.56 Å². The number of anilines is 1. The van der Waals surface area contributed by atoms with Crippen molar-refractivity contribution in [3.63, 3.8) is 0 Å². The number of nitrogens with two attached hydrogens (primary N) is 1. The summed E-state index contributed by atoms with van der Waals surface area (Å²) in [6, 6.07) is 17.6. The van der Waals surface area contributed by atoms with E-state index in [2.05, 4.69) is 21.0 Å². The van der Waals surface area contributed by atoms with Crippen LogP contribution in [0.15, 0.2) is 59.1 Å². The number of hydrogen-bond acceptors (Lipinski definition) is 2. The summed E-state index contributed by atoms with van der Waals surface area (Å²) in [7, 11) is 0. The Hall–Kier alpha value is -1.78. The van der Waals surface area contributed by atoms with E-state index in [0.717, 1.165) is 21.3 Å². The molecule has 0 radical (unpaired) electrons. The molecule has 2 aromatic carbocycles. The Morgan fingerprint density at radius 3 is 2.57 bits per heavy atom. The summed E-state index contributed by atoms with van der Waals surface area (Å²) in [5, 5.41) is 5.25. The van der Waals surface area contributed by atoms with Crippen molar-refractivity contribution in [1.29, 1.82) is 0 Å². The molecule has 3 aromatic rings. The van der Waals surface area contributed by atoms with Crippen molar-refractivity contribution >= 4 is 33.3 Å². The predicted octanol–water partition coefficient (Wildman–Crippen LogP) is 4.60. The van der Waals surface area contributed by atoms with Crippen molar-refractivity contribution in [2.45, 2.75) is 6.54 Å². The average molecular weight is 363 g/mol. The van der Waals surface area contributed by atoms with Crippen molar-refractivity contribution in [1.82, 2.24) is 9.78 Å². The zero-order chi connectivity index (χ0) is 14.8. The smallest absolute Gasteiger partial charge is 0.122 e. The molecule has 0 spiro atoms. The van der Waals surface area contributed by atoms with Crippen LogP contribution in [-0.4, -0.2) is 9.78 Å². The fraction of sp³-hybridized carbons (Fsp3) is 0.0625. The van der Waals surface area contributed by atoms with Gasteiger partial charge < -0.3 is 5.73 Å². The molecule has 0 atom stereocenters. The third-order valence-corrected chi connectivity index (χ3v) is 3.94. The predicted molar refractivity (Wildman–Crippen MR) is 90.3 cm³/mol. The molecule has 0 unspecified atom stereocenters. The minimum absolute atomic E-state index is 0.632. The van der Waals surface area contributed by atoms with Crippen molar-refractivity contribution in [2.24, 2.45) is 0 Å². The van der Waals surface area contributed by atoms with Gasteiger partial charge in [0.25, 0.3) is 0 Å². The van der Waals surface area contributed by atoms with E-state index in [1.807, 2.05) is 54.6 Å². The first-order valence-corrected chi connectivity index (χ1v) is 7.62. The SMILES string of the molecule is Nc1cc(-c2cccc(Cl)c2)nn1Cc1ccc(Br)cc1. The summed E-state index contributed by atoms with van der Waals surface area (Å²) in [6.45, 7) is 0.639. The number of nitrogen functional groups attached to an aromatic ring is 1. The van der Waals surface area contributed by atoms with Gasteiger partial charge in [0.15, 0.2) is 0 Å². The van der Waals surface area contributed by atoms with E-state index in [9.17, 15) is 0 Å². The molecule has 5 heteroatoms. The lowest BCUT2D eigenvalue weighted by molar-refractivity contribution is 0.699. The largest absolute Gasteiger partial charge is 0.384 e. The van der Waals surface area contributed by atoms with Crippen LogP contribution < -0.4 is 5.73 Å². The summed E-state index contributed by atoms with van der Waals surface area (Å²) >= 11 is 9.44. The molecule has 0 aliphatic carbocycles. The maximum absolute atomic E-state index is 6.05. The summed E-state index contributed by atoms with van der Waals surface area (Å²) in [4.78, 5) is 0. The summed E-state index contributed by atoms with van der Waals surface area (Å²) in [6.07, 6.45) is 0. The second kappa shape index (κ2) is 5.92. The van der Waals surface area contributed by atoms with Gasteiger partial charge in [-0.1, -0.05) is 51.8 Å². The van der Waals surface area contributed by atoms with Gasteiger partial charge in [0.05, 0.1) is 12.2 Å². The second-order valence-corrected chi connectivity index (χ2v) is 6.10. The summed E-state index contributed by atoms with van der Waals surface area (Å²) < 4.78 is 2.85. The van der Waals surface area contributed by atoms with E-state index in [4.69, 9.17) is 17.3 Å². The second-order valence-electron chi connectivity index (χ2n) is 4.75. The molecule has 3 nitrogen and oxygen atoms in total. The van der Waals surface area contributed by atoms with Gasteiger partial charge in [-0.3, -0.25) is 0 Å². The average Bonchev–Trinajstić information content (AvgIpc) is 2.83. The van der Waals surface area contributed by atoms with Crippen molar-refractivity contribution in [3.8, 4) is 11.3 Å². The zero-order valence-electron chi connectivity index (χ0n) is 11.1. The number of rotatable bonds is 3. The Morgan fingerprint density at radius 1 is 1.10 bits per heavy atom. The van der Waals surface area contributed by atoms with E-state index in [1.54, 1.807) is 4.68 Å². The number of benzene rings is 2. The number of hydrogen-bond donors (Lipinski definition) is 1. The quantitative estimate of drug-likeness (QED) is 0.740. The molecule has 1 heterocycles. The minimum Gasteiger partial charge on any atom is -0.384 e. The number of nitrogens with zero attached hydrogens (tertiary/aromatic N) is 2. The molecular weight excluding hydrogens is 350 g/mol. The minimum atomic E-state index is 0.632.